The van der Waals surface area contributed by atoms with Gasteiger partial charge in [-0.25, -0.2) is 9.97 Å². The first-order chi connectivity index (χ1) is 10.2. The highest BCUT2D eigenvalue weighted by Crippen LogP contribution is 2.20. The summed E-state index contributed by atoms with van der Waals surface area (Å²) >= 11 is 6.06. The van der Waals surface area contributed by atoms with E-state index in [0.29, 0.717) is 23.3 Å². The quantitative estimate of drug-likeness (QED) is 0.744. The Morgan fingerprint density at radius 1 is 1.14 bits per heavy atom. The number of nitrogens with zero attached hydrogens (tertiary/aromatic N) is 3. The SMILES string of the molecule is Cc1cc(CNc2cc(Cl)nc(-c3ccccc3)n2)no1. The summed E-state index contributed by atoms with van der Waals surface area (Å²) in [5.41, 5.74) is 1.73. The molecule has 106 valence electrons. The van der Waals surface area contributed by atoms with E-state index in [9.17, 15) is 0 Å². The predicted molar refractivity (Wildman–Crippen MR) is 81.0 cm³/mol. The van der Waals surface area contributed by atoms with E-state index in [2.05, 4.69) is 20.4 Å². The standard InChI is InChI=1S/C15H13ClN4O/c1-10-7-12(20-21-10)9-17-14-8-13(16)18-15(19-14)11-5-3-2-4-6-11/h2-8H,9H2,1H3,(H,17,18,19). The van der Waals surface area contributed by atoms with E-state index in [-0.39, 0.29) is 0 Å². The molecule has 5 nitrogen and oxygen atoms in total. The third-order valence-electron chi connectivity index (χ3n) is 2.85. The first-order valence-electron chi connectivity index (χ1n) is 6.47. The van der Waals surface area contributed by atoms with Crippen LogP contribution in [-0.2, 0) is 6.54 Å². The number of halogens is 1. The highest BCUT2D eigenvalue weighted by molar-refractivity contribution is 6.29. The topological polar surface area (TPSA) is 63.8 Å². The Morgan fingerprint density at radius 2 is 1.95 bits per heavy atom. The number of aryl methyl sites for hydroxylation is 1. The van der Waals surface area contributed by atoms with Crippen molar-refractivity contribution in [2.24, 2.45) is 0 Å². The third kappa shape index (κ3) is 3.38. The Kier molecular flexibility index (Phi) is 3.83. The molecule has 0 aliphatic heterocycles. The van der Waals surface area contributed by atoms with Gasteiger partial charge in [-0.2, -0.15) is 0 Å². The first-order valence-corrected chi connectivity index (χ1v) is 6.84. The molecule has 0 unspecified atom stereocenters. The zero-order valence-corrected chi connectivity index (χ0v) is 12.1. The van der Waals surface area contributed by atoms with Crippen molar-refractivity contribution in [2.45, 2.75) is 13.5 Å². The van der Waals surface area contributed by atoms with E-state index in [4.69, 9.17) is 16.1 Å². The number of rotatable bonds is 4. The van der Waals surface area contributed by atoms with Crippen LogP contribution >= 0.6 is 11.6 Å². The number of benzene rings is 1. The molecule has 1 aromatic carbocycles. The lowest BCUT2D eigenvalue weighted by molar-refractivity contribution is 0.391. The molecule has 1 N–H and O–H groups in total. The van der Waals surface area contributed by atoms with E-state index in [1.807, 2.05) is 43.3 Å². The predicted octanol–water partition coefficient (Wildman–Crippen LogP) is 3.71. The number of aromatic nitrogens is 3. The van der Waals surface area contributed by atoms with Gasteiger partial charge in [0.05, 0.1) is 6.54 Å². The first kappa shape index (κ1) is 13.6. The summed E-state index contributed by atoms with van der Waals surface area (Å²) in [5.74, 6) is 2.01. The van der Waals surface area contributed by atoms with Crippen molar-refractivity contribution in [3.8, 4) is 11.4 Å². The highest BCUT2D eigenvalue weighted by atomic mass is 35.5. The van der Waals surface area contributed by atoms with Gasteiger partial charge in [-0.05, 0) is 6.92 Å². The molecule has 0 bridgehead atoms. The van der Waals surface area contributed by atoms with Crippen molar-refractivity contribution in [1.82, 2.24) is 15.1 Å². The smallest absolute Gasteiger partial charge is 0.163 e. The molecule has 0 aliphatic rings. The molecular formula is C15H13ClN4O. The van der Waals surface area contributed by atoms with Crippen LogP contribution in [-0.4, -0.2) is 15.1 Å². The van der Waals surface area contributed by atoms with Crippen LogP contribution in [0, 0.1) is 6.92 Å². The monoisotopic (exact) mass is 300 g/mol. The number of anilines is 1. The summed E-state index contributed by atoms with van der Waals surface area (Å²) in [5, 5.41) is 7.48. The molecule has 0 atom stereocenters. The third-order valence-corrected chi connectivity index (χ3v) is 3.05. The zero-order chi connectivity index (χ0) is 14.7. The maximum absolute atomic E-state index is 6.06. The fourth-order valence-electron chi connectivity index (χ4n) is 1.91. The molecule has 0 spiro atoms. The van der Waals surface area contributed by atoms with Crippen molar-refractivity contribution >= 4 is 17.4 Å². The normalized spacial score (nSPS) is 10.6. The van der Waals surface area contributed by atoms with Crippen molar-refractivity contribution < 1.29 is 4.52 Å². The molecular weight excluding hydrogens is 288 g/mol. The van der Waals surface area contributed by atoms with Gasteiger partial charge in [0, 0.05) is 17.7 Å². The largest absolute Gasteiger partial charge is 0.364 e. The Labute approximate surface area is 127 Å². The van der Waals surface area contributed by atoms with E-state index >= 15 is 0 Å². The van der Waals surface area contributed by atoms with Gasteiger partial charge in [0.25, 0.3) is 0 Å². The van der Waals surface area contributed by atoms with Gasteiger partial charge in [0.15, 0.2) is 5.82 Å². The number of hydrogen-bond donors (Lipinski definition) is 1. The van der Waals surface area contributed by atoms with E-state index in [0.717, 1.165) is 17.0 Å². The lowest BCUT2D eigenvalue weighted by Gasteiger charge is -2.06. The fraction of sp³-hybridized carbons (Fsp3) is 0.133. The van der Waals surface area contributed by atoms with E-state index in [1.165, 1.54) is 0 Å². The van der Waals surface area contributed by atoms with E-state index in [1.54, 1.807) is 6.07 Å². The van der Waals surface area contributed by atoms with Crippen molar-refractivity contribution in [2.75, 3.05) is 5.32 Å². The lowest BCUT2D eigenvalue weighted by atomic mass is 10.2. The van der Waals surface area contributed by atoms with Crippen LogP contribution < -0.4 is 5.32 Å². The van der Waals surface area contributed by atoms with Gasteiger partial charge in [0.1, 0.15) is 22.4 Å². The lowest BCUT2D eigenvalue weighted by Crippen LogP contribution is -2.03. The highest BCUT2D eigenvalue weighted by Gasteiger charge is 2.06. The molecule has 2 aromatic heterocycles. The van der Waals surface area contributed by atoms with Gasteiger partial charge in [-0.15, -0.1) is 0 Å². The van der Waals surface area contributed by atoms with Crippen LogP contribution in [0.15, 0.2) is 47.0 Å². The van der Waals surface area contributed by atoms with Crippen LogP contribution in [0.5, 0.6) is 0 Å². The number of nitrogens with one attached hydrogen (secondary N) is 1. The van der Waals surface area contributed by atoms with Gasteiger partial charge < -0.3 is 9.84 Å². The van der Waals surface area contributed by atoms with E-state index < -0.39 is 0 Å². The molecule has 0 radical (unpaired) electrons. The molecule has 6 heteroatoms. The van der Waals surface area contributed by atoms with Crippen LogP contribution in [0.4, 0.5) is 5.82 Å². The summed E-state index contributed by atoms with van der Waals surface area (Å²) in [6.45, 7) is 2.37. The average molecular weight is 301 g/mol. The Bertz CT molecular complexity index is 742. The maximum Gasteiger partial charge on any atom is 0.163 e. The zero-order valence-electron chi connectivity index (χ0n) is 11.4. The molecule has 21 heavy (non-hydrogen) atoms. The average Bonchev–Trinajstić information content (AvgIpc) is 2.91. The van der Waals surface area contributed by atoms with Crippen molar-refractivity contribution in [1.29, 1.82) is 0 Å². The second-order valence-corrected chi connectivity index (χ2v) is 4.94. The Morgan fingerprint density at radius 3 is 2.67 bits per heavy atom. The maximum atomic E-state index is 6.06. The van der Waals surface area contributed by atoms with Crippen LogP contribution in [0.2, 0.25) is 5.15 Å². The molecule has 0 saturated heterocycles. The molecule has 3 aromatic rings. The van der Waals surface area contributed by atoms with Crippen molar-refractivity contribution in [3.63, 3.8) is 0 Å². The molecule has 0 fully saturated rings. The van der Waals surface area contributed by atoms with Crippen LogP contribution in [0.1, 0.15) is 11.5 Å². The Balaban J connectivity index is 1.81. The van der Waals surface area contributed by atoms with Crippen molar-refractivity contribution in [3.05, 3.63) is 59.1 Å². The molecule has 0 aliphatic carbocycles. The minimum absolute atomic E-state index is 0.391. The Hall–Kier alpha value is -2.40. The molecule has 0 saturated carbocycles. The minimum Gasteiger partial charge on any atom is -0.364 e. The fourth-order valence-corrected chi connectivity index (χ4v) is 2.09. The summed E-state index contributed by atoms with van der Waals surface area (Å²) in [4.78, 5) is 8.70. The molecule has 2 heterocycles. The minimum atomic E-state index is 0.391. The van der Waals surface area contributed by atoms with Gasteiger partial charge in [-0.3, -0.25) is 0 Å². The molecule has 0 amide bonds. The molecule has 3 rings (SSSR count). The second-order valence-electron chi connectivity index (χ2n) is 4.55. The van der Waals surface area contributed by atoms with Gasteiger partial charge >= 0.3 is 0 Å². The second kappa shape index (κ2) is 5.93. The summed E-state index contributed by atoms with van der Waals surface area (Å²) in [6, 6.07) is 13.2. The number of hydrogen-bond acceptors (Lipinski definition) is 5. The van der Waals surface area contributed by atoms with Gasteiger partial charge in [0.2, 0.25) is 0 Å². The summed E-state index contributed by atoms with van der Waals surface area (Å²) in [6.07, 6.45) is 0. The summed E-state index contributed by atoms with van der Waals surface area (Å²) in [7, 11) is 0. The van der Waals surface area contributed by atoms with Gasteiger partial charge in [-0.1, -0.05) is 47.1 Å². The van der Waals surface area contributed by atoms with Crippen LogP contribution in [0.3, 0.4) is 0 Å². The summed E-state index contributed by atoms with van der Waals surface area (Å²) < 4.78 is 5.02. The van der Waals surface area contributed by atoms with Crippen LogP contribution in [0.25, 0.3) is 11.4 Å².